The smallest absolute Gasteiger partial charge is 0.135 e. The number of hydrogen-bond acceptors (Lipinski definition) is 2. The Labute approximate surface area is 390 Å². The second kappa shape index (κ2) is 14.7. The third-order valence-corrected chi connectivity index (χ3v) is 14.5. The molecular formula is C65H41NO. The summed E-state index contributed by atoms with van der Waals surface area (Å²) in [6.45, 7) is 0. The number of hydrogen-bond donors (Lipinski definition) is 0. The minimum atomic E-state index is -0.416. The minimum Gasteiger partial charge on any atom is -0.456 e. The van der Waals surface area contributed by atoms with Crippen LogP contribution in [0.3, 0.4) is 0 Å². The van der Waals surface area contributed by atoms with Gasteiger partial charge in [-0.15, -0.1) is 0 Å². The van der Waals surface area contributed by atoms with E-state index >= 15 is 0 Å². The van der Waals surface area contributed by atoms with Crippen molar-refractivity contribution < 1.29 is 4.74 Å². The Morgan fingerprint density at radius 2 is 0.776 bits per heavy atom. The number of nitrogens with zero attached hydrogens (tertiary/aromatic N) is 1. The first kappa shape index (κ1) is 37.6. The molecule has 0 atom stereocenters. The molecule has 0 N–H and O–H groups in total. The third-order valence-electron chi connectivity index (χ3n) is 14.5. The molecule has 0 radical (unpaired) electrons. The van der Waals surface area contributed by atoms with E-state index < -0.39 is 5.41 Å². The maximum atomic E-state index is 6.97. The van der Waals surface area contributed by atoms with Crippen molar-refractivity contribution in [3.63, 3.8) is 0 Å². The van der Waals surface area contributed by atoms with Gasteiger partial charge in [0.1, 0.15) is 11.5 Å². The van der Waals surface area contributed by atoms with Gasteiger partial charge in [-0.3, -0.25) is 0 Å². The summed E-state index contributed by atoms with van der Waals surface area (Å²) in [5.41, 5.74) is 22.4. The van der Waals surface area contributed by atoms with Crippen LogP contribution in [-0.2, 0) is 5.41 Å². The topological polar surface area (TPSA) is 12.5 Å². The van der Waals surface area contributed by atoms with E-state index in [-0.39, 0.29) is 0 Å². The van der Waals surface area contributed by atoms with E-state index in [0.717, 1.165) is 61.8 Å². The lowest BCUT2D eigenvalue weighted by Crippen LogP contribution is -2.25. The Kier molecular flexibility index (Phi) is 8.23. The maximum absolute atomic E-state index is 6.97. The van der Waals surface area contributed by atoms with Crippen LogP contribution in [0.25, 0.3) is 77.5 Å². The number of rotatable bonds is 5. The molecule has 0 bridgehead atoms. The van der Waals surface area contributed by atoms with Gasteiger partial charge in [-0.2, -0.15) is 0 Å². The van der Waals surface area contributed by atoms with Crippen LogP contribution in [0.1, 0.15) is 22.3 Å². The quantitative estimate of drug-likeness (QED) is 0.171. The number of benzene rings is 11. The van der Waals surface area contributed by atoms with Gasteiger partial charge in [0.15, 0.2) is 0 Å². The molecule has 2 aliphatic carbocycles. The summed E-state index contributed by atoms with van der Waals surface area (Å²) in [6, 6.07) is 91.2. The summed E-state index contributed by atoms with van der Waals surface area (Å²) in [4.78, 5) is 2.44. The fourth-order valence-corrected chi connectivity index (χ4v) is 11.6. The SMILES string of the molecule is c1ccc(-c2ccc(N(c3ccc4c(c3)-c3c(ccc5ccccc35)Oc3ccc(-c5ccccc5)cc3-4)c3ccc4c(c3)-c3ccccc3C43c4ccccc4-c4ccccc43)cc2)cc1. The molecule has 0 saturated carbocycles. The highest BCUT2D eigenvalue weighted by Crippen LogP contribution is 2.63. The zero-order valence-corrected chi connectivity index (χ0v) is 36.5. The molecule has 0 aromatic heterocycles. The van der Waals surface area contributed by atoms with E-state index in [1.807, 2.05) is 0 Å². The van der Waals surface area contributed by atoms with Gasteiger partial charge >= 0.3 is 0 Å². The largest absolute Gasteiger partial charge is 0.456 e. The molecule has 0 fully saturated rings. The molecule has 312 valence electrons. The van der Waals surface area contributed by atoms with Crippen molar-refractivity contribution in [3.8, 4) is 78.3 Å². The molecule has 0 saturated heterocycles. The summed E-state index contributed by atoms with van der Waals surface area (Å²) >= 11 is 0. The molecule has 0 amide bonds. The van der Waals surface area contributed by atoms with Gasteiger partial charge in [0.25, 0.3) is 0 Å². The van der Waals surface area contributed by atoms with E-state index in [1.165, 1.54) is 66.6 Å². The van der Waals surface area contributed by atoms with Crippen molar-refractivity contribution in [2.75, 3.05) is 4.90 Å². The van der Waals surface area contributed by atoms with Gasteiger partial charge < -0.3 is 9.64 Å². The highest BCUT2D eigenvalue weighted by molar-refractivity contribution is 6.06. The molecule has 14 rings (SSSR count). The van der Waals surface area contributed by atoms with E-state index in [2.05, 4.69) is 254 Å². The van der Waals surface area contributed by atoms with Crippen LogP contribution in [0.4, 0.5) is 17.1 Å². The molecule has 0 unspecified atom stereocenters. The lowest BCUT2D eigenvalue weighted by atomic mass is 9.70. The Morgan fingerprint density at radius 3 is 1.46 bits per heavy atom. The monoisotopic (exact) mass is 851 g/mol. The van der Waals surface area contributed by atoms with Crippen molar-refractivity contribution in [3.05, 3.63) is 271 Å². The van der Waals surface area contributed by atoms with Gasteiger partial charge in [0, 0.05) is 28.2 Å². The Hall–Kier alpha value is -8.72. The van der Waals surface area contributed by atoms with Gasteiger partial charge in [-0.05, 0) is 143 Å². The van der Waals surface area contributed by atoms with Crippen molar-refractivity contribution in [2.45, 2.75) is 5.41 Å². The summed E-state index contributed by atoms with van der Waals surface area (Å²) in [5.74, 6) is 1.69. The number of anilines is 3. The highest BCUT2D eigenvalue weighted by atomic mass is 16.5. The highest BCUT2D eigenvalue weighted by Gasteiger charge is 2.51. The lowest BCUT2D eigenvalue weighted by Gasteiger charge is -2.31. The first-order chi connectivity index (χ1) is 33.2. The molecule has 1 aliphatic heterocycles. The predicted octanol–water partition coefficient (Wildman–Crippen LogP) is 17.4. The van der Waals surface area contributed by atoms with E-state index in [4.69, 9.17) is 4.74 Å². The normalized spacial score (nSPS) is 13.0. The van der Waals surface area contributed by atoms with Gasteiger partial charge in [0.05, 0.1) is 5.41 Å². The van der Waals surface area contributed by atoms with Crippen LogP contribution in [-0.4, -0.2) is 0 Å². The van der Waals surface area contributed by atoms with Gasteiger partial charge in [-0.25, -0.2) is 0 Å². The zero-order valence-electron chi connectivity index (χ0n) is 36.5. The summed E-state index contributed by atoms with van der Waals surface area (Å²) in [6.07, 6.45) is 0. The fraction of sp³-hybridized carbons (Fsp3) is 0.0154. The van der Waals surface area contributed by atoms with Gasteiger partial charge in [0.2, 0.25) is 0 Å². The number of fused-ring (bicyclic) bond motifs is 17. The van der Waals surface area contributed by atoms with Crippen molar-refractivity contribution >= 4 is 27.8 Å². The lowest BCUT2D eigenvalue weighted by molar-refractivity contribution is 0.488. The van der Waals surface area contributed by atoms with Crippen LogP contribution in [0, 0.1) is 0 Å². The van der Waals surface area contributed by atoms with Crippen molar-refractivity contribution in [1.82, 2.24) is 0 Å². The van der Waals surface area contributed by atoms with E-state index in [9.17, 15) is 0 Å². The molecule has 11 aromatic carbocycles. The third kappa shape index (κ3) is 5.57. The average molecular weight is 852 g/mol. The Bertz CT molecular complexity index is 3730. The molecule has 1 spiro atoms. The fourth-order valence-electron chi connectivity index (χ4n) is 11.6. The maximum Gasteiger partial charge on any atom is 0.135 e. The van der Waals surface area contributed by atoms with E-state index in [1.54, 1.807) is 0 Å². The molecule has 67 heavy (non-hydrogen) atoms. The van der Waals surface area contributed by atoms with Crippen LogP contribution < -0.4 is 9.64 Å². The molecule has 2 nitrogen and oxygen atoms in total. The zero-order chi connectivity index (χ0) is 44.1. The van der Waals surface area contributed by atoms with Crippen molar-refractivity contribution in [1.29, 1.82) is 0 Å². The second-order valence-corrected chi connectivity index (χ2v) is 17.9. The average Bonchev–Trinajstić information content (AvgIpc) is 3.81. The first-order valence-corrected chi connectivity index (χ1v) is 23.2. The molecular weight excluding hydrogens is 811 g/mol. The van der Waals surface area contributed by atoms with E-state index in [0.29, 0.717) is 0 Å². The molecule has 1 heterocycles. The Balaban J connectivity index is 1.01. The molecule has 3 aliphatic rings. The van der Waals surface area contributed by atoms with Gasteiger partial charge in [-0.1, -0.05) is 194 Å². The molecule has 11 aromatic rings. The van der Waals surface area contributed by atoms with Crippen LogP contribution in [0.2, 0.25) is 0 Å². The van der Waals surface area contributed by atoms with Crippen LogP contribution in [0.15, 0.2) is 249 Å². The van der Waals surface area contributed by atoms with Crippen molar-refractivity contribution in [2.24, 2.45) is 0 Å². The van der Waals surface area contributed by atoms with Crippen LogP contribution >= 0.6 is 0 Å². The standard InChI is InChI=1S/C65H41NO/c1-3-15-42(16-4-1)44-27-31-47(32-28-44)66(49-34-36-61-55(40-49)54-23-11-14-26-60(54)65(61)58-24-12-9-21-52(58)53-22-10-13-25-59(53)65)48-33-35-51-56-39-46(43-17-5-2-6-18-43)30-37-62(56)67-63-38-29-45-19-7-8-20-50(45)64(63)57(51)41-48/h1-41H. The number of ether oxygens (including phenoxy) is 1. The molecule has 2 heteroatoms. The van der Waals surface area contributed by atoms with Crippen LogP contribution in [0.5, 0.6) is 11.5 Å². The summed E-state index contributed by atoms with van der Waals surface area (Å²) in [5, 5.41) is 2.33. The minimum absolute atomic E-state index is 0.416. The Morgan fingerprint density at radius 1 is 0.284 bits per heavy atom. The summed E-state index contributed by atoms with van der Waals surface area (Å²) < 4.78 is 6.97. The predicted molar refractivity (Wildman–Crippen MR) is 277 cm³/mol. The first-order valence-electron chi connectivity index (χ1n) is 23.2. The second-order valence-electron chi connectivity index (χ2n) is 17.9. The summed E-state index contributed by atoms with van der Waals surface area (Å²) in [7, 11) is 0.